The number of aryl methyl sites for hydroxylation is 1. The number of rotatable bonds is 4. The van der Waals surface area contributed by atoms with Gasteiger partial charge in [-0.2, -0.15) is 0 Å². The molecule has 0 spiro atoms. The molecule has 0 atom stereocenters. The Hall–Kier alpha value is -2.33. The fourth-order valence-corrected chi connectivity index (χ4v) is 3.84. The van der Waals surface area contributed by atoms with Crippen LogP contribution in [0.5, 0.6) is 0 Å². The second kappa shape index (κ2) is 7.92. The van der Waals surface area contributed by atoms with Crippen LogP contribution in [0.3, 0.4) is 0 Å². The van der Waals surface area contributed by atoms with E-state index in [1.165, 1.54) is 11.1 Å². The first kappa shape index (κ1) is 18.5. The smallest absolute Gasteiger partial charge is 0.258 e. The van der Waals surface area contributed by atoms with Crippen LogP contribution in [0.2, 0.25) is 0 Å². The van der Waals surface area contributed by atoms with Gasteiger partial charge in [-0.1, -0.05) is 48.7 Å². The van der Waals surface area contributed by atoms with Crippen molar-refractivity contribution in [3.05, 3.63) is 76.2 Å². The quantitative estimate of drug-likeness (QED) is 0.539. The molecular weight excluding hydrogens is 340 g/mol. The molecule has 1 aliphatic rings. The van der Waals surface area contributed by atoms with E-state index in [2.05, 4.69) is 29.8 Å². The summed E-state index contributed by atoms with van der Waals surface area (Å²) in [5.41, 5.74) is 5.23. The van der Waals surface area contributed by atoms with E-state index in [1.54, 1.807) is 11.8 Å². The van der Waals surface area contributed by atoms with Gasteiger partial charge in [-0.05, 0) is 60.9 Å². The van der Waals surface area contributed by atoms with Crippen LogP contribution in [-0.4, -0.2) is 17.5 Å². The number of amides is 1. The van der Waals surface area contributed by atoms with Crippen LogP contribution in [0.25, 0.3) is 0 Å². The van der Waals surface area contributed by atoms with E-state index in [1.807, 2.05) is 49.9 Å². The third kappa shape index (κ3) is 4.07. The van der Waals surface area contributed by atoms with Crippen molar-refractivity contribution >= 4 is 28.4 Å². The summed E-state index contributed by atoms with van der Waals surface area (Å²) >= 11 is 1.61. The van der Waals surface area contributed by atoms with E-state index in [0.717, 1.165) is 39.7 Å². The van der Waals surface area contributed by atoms with Gasteiger partial charge in [-0.15, -0.1) is 0 Å². The molecule has 4 heteroatoms. The fraction of sp³-hybridized carbons (Fsp3) is 0.273. The summed E-state index contributed by atoms with van der Waals surface area (Å²) in [7, 11) is 0. The molecule has 0 saturated heterocycles. The zero-order valence-electron chi connectivity index (χ0n) is 15.6. The van der Waals surface area contributed by atoms with Crippen molar-refractivity contribution in [2.45, 2.75) is 33.7 Å². The summed E-state index contributed by atoms with van der Waals surface area (Å²) in [6, 6.07) is 14.1. The molecule has 0 N–H and O–H groups in total. The first-order valence-electron chi connectivity index (χ1n) is 8.79. The Kier molecular flexibility index (Phi) is 5.62. The zero-order chi connectivity index (χ0) is 18.7. The number of thioether (sulfide) groups is 1. The van der Waals surface area contributed by atoms with E-state index in [0.29, 0.717) is 6.54 Å². The monoisotopic (exact) mass is 364 g/mol. The molecule has 0 bridgehead atoms. The Morgan fingerprint density at radius 2 is 2.00 bits per heavy atom. The Labute approximate surface area is 159 Å². The van der Waals surface area contributed by atoms with Gasteiger partial charge in [0.25, 0.3) is 5.91 Å². The summed E-state index contributed by atoms with van der Waals surface area (Å²) in [4.78, 5) is 20.5. The summed E-state index contributed by atoms with van der Waals surface area (Å²) in [5, 5.41) is 1.02. The SMILES string of the molecule is C=C(C)SC(C)=NCc1ccc2c(c1)CCN2C(=O)c1ccccc1C. The number of carbonyl (C=O) groups is 1. The average Bonchev–Trinajstić information content (AvgIpc) is 3.02. The van der Waals surface area contributed by atoms with E-state index >= 15 is 0 Å². The highest BCUT2D eigenvalue weighted by atomic mass is 32.2. The minimum absolute atomic E-state index is 0.0846. The molecule has 0 saturated carbocycles. The molecule has 2 aromatic rings. The van der Waals surface area contributed by atoms with Crippen molar-refractivity contribution in [1.82, 2.24) is 0 Å². The molecule has 3 rings (SSSR count). The second-order valence-corrected chi connectivity index (χ2v) is 8.12. The minimum Gasteiger partial charge on any atom is -0.308 e. The Bertz CT molecular complexity index is 885. The fourth-order valence-electron chi connectivity index (χ4n) is 3.21. The average molecular weight is 365 g/mol. The topological polar surface area (TPSA) is 32.7 Å². The molecule has 0 radical (unpaired) electrons. The largest absolute Gasteiger partial charge is 0.308 e. The molecule has 1 amide bonds. The zero-order valence-corrected chi connectivity index (χ0v) is 16.4. The van der Waals surface area contributed by atoms with Crippen molar-refractivity contribution in [1.29, 1.82) is 0 Å². The summed E-state index contributed by atoms with van der Waals surface area (Å²) < 4.78 is 0. The van der Waals surface area contributed by atoms with Gasteiger partial charge in [0, 0.05) is 17.8 Å². The number of anilines is 1. The van der Waals surface area contributed by atoms with Crippen molar-refractivity contribution in [2.24, 2.45) is 4.99 Å². The van der Waals surface area contributed by atoms with Gasteiger partial charge >= 0.3 is 0 Å². The lowest BCUT2D eigenvalue weighted by Gasteiger charge is -2.18. The molecule has 26 heavy (non-hydrogen) atoms. The molecule has 1 heterocycles. The summed E-state index contributed by atoms with van der Waals surface area (Å²) in [6.07, 6.45) is 0.893. The number of allylic oxidation sites excluding steroid dienone is 1. The predicted octanol–water partition coefficient (Wildman–Crippen LogP) is 5.38. The van der Waals surface area contributed by atoms with Gasteiger partial charge < -0.3 is 4.90 Å². The number of nitrogens with zero attached hydrogens (tertiary/aromatic N) is 2. The number of carbonyl (C=O) groups excluding carboxylic acids is 1. The minimum atomic E-state index is 0.0846. The first-order valence-corrected chi connectivity index (χ1v) is 9.61. The van der Waals surface area contributed by atoms with Gasteiger partial charge in [-0.25, -0.2) is 0 Å². The summed E-state index contributed by atoms with van der Waals surface area (Å²) in [6.45, 7) is 11.3. The Morgan fingerprint density at radius 3 is 2.73 bits per heavy atom. The van der Waals surface area contributed by atoms with Crippen molar-refractivity contribution in [2.75, 3.05) is 11.4 Å². The lowest BCUT2D eigenvalue weighted by Crippen LogP contribution is -2.29. The number of hydrogen-bond donors (Lipinski definition) is 0. The third-order valence-corrected chi connectivity index (χ3v) is 5.24. The molecule has 134 valence electrons. The van der Waals surface area contributed by atoms with Crippen LogP contribution < -0.4 is 4.90 Å². The predicted molar refractivity (Wildman–Crippen MR) is 112 cm³/mol. The molecule has 0 aliphatic carbocycles. The van der Waals surface area contributed by atoms with Gasteiger partial charge in [0.05, 0.1) is 11.6 Å². The van der Waals surface area contributed by atoms with Crippen LogP contribution in [-0.2, 0) is 13.0 Å². The summed E-state index contributed by atoms with van der Waals surface area (Å²) in [5.74, 6) is 0.0846. The van der Waals surface area contributed by atoms with Gasteiger partial charge in [-0.3, -0.25) is 9.79 Å². The number of fused-ring (bicyclic) bond motifs is 1. The van der Waals surface area contributed by atoms with Gasteiger partial charge in [0.1, 0.15) is 0 Å². The normalized spacial score (nSPS) is 13.7. The number of hydrogen-bond acceptors (Lipinski definition) is 3. The van der Waals surface area contributed by atoms with Crippen molar-refractivity contribution in [3.8, 4) is 0 Å². The highest BCUT2D eigenvalue weighted by Gasteiger charge is 2.26. The molecular formula is C22H24N2OS. The van der Waals surface area contributed by atoms with Crippen LogP contribution in [0.4, 0.5) is 5.69 Å². The molecule has 1 aliphatic heterocycles. The van der Waals surface area contributed by atoms with E-state index in [9.17, 15) is 4.79 Å². The Balaban J connectivity index is 1.77. The number of benzene rings is 2. The highest BCUT2D eigenvalue weighted by Crippen LogP contribution is 2.31. The third-order valence-electron chi connectivity index (χ3n) is 4.47. The second-order valence-electron chi connectivity index (χ2n) is 6.62. The molecule has 0 unspecified atom stereocenters. The molecule has 0 aromatic heterocycles. The lowest BCUT2D eigenvalue weighted by molar-refractivity contribution is 0.0989. The van der Waals surface area contributed by atoms with E-state index in [4.69, 9.17) is 0 Å². The van der Waals surface area contributed by atoms with Gasteiger partial charge in [0.15, 0.2) is 0 Å². The Morgan fingerprint density at radius 1 is 1.23 bits per heavy atom. The highest BCUT2D eigenvalue weighted by molar-refractivity contribution is 8.17. The van der Waals surface area contributed by atoms with Gasteiger partial charge in [0.2, 0.25) is 0 Å². The maximum absolute atomic E-state index is 12.9. The maximum atomic E-state index is 12.9. The van der Waals surface area contributed by atoms with Crippen LogP contribution in [0.1, 0.15) is 40.9 Å². The standard InChI is InChI=1S/C22H24N2OS/c1-15(2)26-17(4)23-14-18-9-10-21-19(13-18)11-12-24(21)22(25)20-8-6-5-7-16(20)3/h5-10,13H,1,11-12,14H2,2-4H3. The number of aliphatic imine (C=N–C) groups is 1. The lowest BCUT2D eigenvalue weighted by atomic mass is 10.1. The van der Waals surface area contributed by atoms with E-state index < -0.39 is 0 Å². The van der Waals surface area contributed by atoms with Crippen LogP contribution >= 0.6 is 11.8 Å². The first-order chi connectivity index (χ1) is 12.5. The molecule has 3 nitrogen and oxygen atoms in total. The molecule has 2 aromatic carbocycles. The molecule has 0 fully saturated rings. The van der Waals surface area contributed by atoms with Crippen LogP contribution in [0, 0.1) is 6.92 Å². The van der Waals surface area contributed by atoms with Crippen molar-refractivity contribution < 1.29 is 4.79 Å². The van der Waals surface area contributed by atoms with Crippen molar-refractivity contribution in [3.63, 3.8) is 0 Å². The van der Waals surface area contributed by atoms with E-state index in [-0.39, 0.29) is 5.91 Å². The maximum Gasteiger partial charge on any atom is 0.258 e. The van der Waals surface area contributed by atoms with Crippen LogP contribution in [0.15, 0.2) is 58.9 Å².